The largest absolute Gasteiger partial charge is 0.389 e. The number of halogens is 3. The third kappa shape index (κ3) is 17.5. The molecule has 0 spiro atoms. The minimum atomic E-state index is -3.98. The predicted octanol–water partition coefficient (Wildman–Crippen LogP) is 6.81. The molecule has 0 amide bonds. The molecule has 0 aliphatic heterocycles. The number of rotatable bonds is 12. The molecule has 0 rings (SSSR count). The van der Waals surface area contributed by atoms with E-state index >= 15 is 0 Å². The van der Waals surface area contributed by atoms with Crippen molar-refractivity contribution in [1.29, 1.82) is 0 Å². The van der Waals surface area contributed by atoms with Crippen LogP contribution in [-0.4, -0.2) is 6.18 Å². The van der Waals surface area contributed by atoms with Gasteiger partial charge in [-0.2, -0.15) is 13.2 Å². The summed E-state index contributed by atoms with van der Waals surface area (Å²) >= 11 is 0. The third-order valence-corrected chi connectivity index (χ3v) is 3.22. The summed E-state index contributed by atoms with van der Waals surface area (Å²) in [7, 11) is 0. The van der Waals surface area contributed by atoms with Crippen molar-refractivity contribution in [2.24, 2.45) is 0 Å². The smallest absolute Gasteiger partial charge is 0.171 e. The number of hydrogen-bond donors (Lipinski definition) is 0. The zero-order valence-electron chi connectivity index (χ0n) is 12.3. The van der Waals surface area contributed by atoms with Crippen LogP contribution in [0.25, 0.3) is 0 Å². The van der Waals surface area contributed by atoms with Crippen LogP contribution in [0.15, 0.2) is 12.2 Å². The molecule has 0 saturated carbocycles. The second-order valence-electron chi connectivity index (χ2n) is 5.24. The van der Waals surface area contributed by atoms with Gasteiger partial charge in [0.15, 0.2) is 0 Å². The third-order valence-electron chi connectivity index (χ3n) is 3.22. The van der Waals surface area contributed by atoms with E-state index in [0.717, 1.165) is 19.3 Å². The Hall–Kier alpha value is -0.470. The molecule has 0 aromatic heterocycles. The second kappa shape index (κ2) is 12.6. The first-order chi connectivity index (χ1) is 9.06. The monoisotopic (exact) mass is 278 g/mol. The minimum Gasteiger partial charge on any atom is -0.171 e. The minimum absolute atomic E-state index is 0.273. The van der Waals surface area contributed by atoms with Gasteiger partial charge in [-0.25, -0.2) is 0 Å². The van der Waals surface area contributed by atoms with Crippen LogP contribution >= 0.6 is 0 Å². The highest BCUT2D eigenvalue weighted by Crippen LogP contribution is 2.22. The van der Waals surface area contributed by atoms with Gasteiger partial charge in [-0.15, -0.1) is 0 Å². The molecule has 0 aromatic carbocycles. The first-order valence-electron chi connectivity index (χ1n) is 7.78. The first kappa shape index (κ1) is 18.5. The molecule has 0 atom stereocenters. The van der Waals surface area contributed by atoms with Crippen LogP contribution in [-0.2, 0) is 0 Å². The molecule has 0 aromatic rings. The molecule has 0 unspecified atom stereocenters. The Balaban J connectivity index is 3.13. The average Bonchev–Trinajstić information content (AvgIpc) is 2.34. The van der Waals surface area contributed by atoms with E-state index in [2.05, 4.69) is 19.1 Å². The van der Waals surface area contributed by atoms with E-state index in [-0.39, 0.29) is 6.42 Å². The molecule has 0 aliphatic carbocycles. The van der Waals surface area contributed by atoms with Gasteiger partial charge in [0.05, 0.1) is 0 Å². The molecule has 3 heteroatoms. The summed E-state index contributed by atoms with van der Waals surface area (Å²) in [5.41, 5.74) is 0. The number of unbranched alkanes of at least 4 members (excludes halogenated alkanes) is 9. The van der Waals surface area contributed by atoms with Gasteiger partial charge >= 0.3 is 6.18 Å². The lowest BCUT2D eigenvalue weighted by molar-refractivity contribution is -0.135. The highest BCUT2D eigenvalue weighted by molar-refractivity contribution is 4.81. The maximum absolute atomic E-state index is 11.9. The van der Waals surface area contributed by atoms with Gasteiger partial charge in [-0.05, 0) is 32.1 Å². The van der Waals surface area contributed by atoms with Crippen molar-refractivity contribution in [3.8, 4) is 0 Å². The van der Waals surface area contributed by atoms with Crippen molar-refractivity contribution >= 4 is 0 Å². The number of hydrogen-bond acceptors (Lipinski definition) is 0. The van der Waals surface area contributed by atoms with Crippen LogP contribution < -0.4 is 0 Å². The fraction of sp³-hybridized carbons (Fsp3) is 0.875. The van der Waals surface area contributed by atoms with E-state index in [1.165, 1.54) is 38.5 Å². The van der Waals surface area contributed by atoms with Crippen molar-refractivity contribution < 1.29 is 13.2 Å². The summed E-state index contributed by atoms with van der Waals surface area (Å²) in [6, 6.07) is 0. The van der Waals surface area contributed by atoms with Crippen molar-refractivity contribution in [3.05, 3.63) is 12.2 Å². The van der Waals surface area contributed by atoms with E-state index in [1.54, 1.807) is 0 Å². The van der Waals surface area contributed by atoms with Gasteiger partial charge < -0.3 is 0 Å². The van der Waals surface area contributed by atoms with Gasteiger partial charge in [-0.3, -0.25) is 0 Å². The predicted molar refractivity (Wildman–Crippen MR) is 76.3 cm³/mol. The summed E-state index contributed by atoms with van der Waals surface area (Å²) in [6.07, 6.45) is 11.4. The van der Waals surface area contributed by atoms with Gasteiger partial charge in [-0.1, -0.05) is 57.6 Å². The quantitative estimate of drug-likeness (QED) is 0.272. The van der Waals surface area contributed by atoms with Crippen molar-refractivity contribution in [2.75, 3.05) is 0 Å². The SMILES string of the molecule is CCCCCCCCC=CCCCCCC(F)(F)F. The van der Waals surface area contributed by atoms with E-state index in [0.29, 0.717) is 6.42 Å². The van der Waals surface area contributed by atoms with Crippen LogP contribution in [0.3, 0.4) is 0 Å². The van der Waals surface area contributed by atoms with Crippen LogP contribution in [0.2, 0.25) is 0 Å². The number of alkyl halides is 3. The van der Waals surface area contributed by atoms with Crippen LogP contribution in [0.1, 0.15) is 84.0 Å². The zero-order chi connectivity index (χ0) is 14.4. The lowest BCUT2D eigenvalue weighted by atomic mass is 10.1. The molecule has 19 heavy (non-hydrogen) atoms. The van der Waals surface area contributed by atoms with E-state index in [1.807, 2.05) is 0 Å². The number of allylic oxidation sites excluding steroid dienone is 2. The van der Waals surface area contributed by atoms with Crippen LogP contribution in [0, 0.1) is 0 Å². The Morgan fingerprint density at radius 3 is 1.68 bits per heavy atom. The molecule has 0 nitrogen and oxygen atoms in total. The maximum atomic E-state index is 11.9. The lowest BCUT2D eigenvalue weighted by Crippen LogP contribution is -2.06. The normalized spacial score (nSPS) is 12.4. The molecule has 0 N–H and O–H groups in total. The molecule has 0 heterocycles. The lowest BCUT2D eigenvalue weighted by Gasteiger charge is -2.04. The Bertz CT molecular complexity index is 207. The maximum Gasteiger partial charge on any atom is 0.389 e. The van der Waals surface area contributed by atoms with Gasteiger partial charge in [0.25, 0.3) is 0 Å². The molecular formula is C16H29F3. The molecule has 0 fully saturated rings. The van der Waals surface area contributed by atoms with Crippen LogP contribution in [0.4, 0.5) is 13.2 Å². The standard InChI is InChI=1S/C16H29F3/c1-2-3-4-5-6-7-8-9-10-11-12-13-14-15-16(17,18)19/h9-10H,2-8,11-15H2,1H3. The van der Waals surface area contributed by atoms with E-state index in [4.69, 9.17) is 0 Å². The average molecular weight is 278 g/mol. The van der Waals surface area contributed by atoms with Gasteiger partial charge in [0.1, 0.15) is 0 Å². The molecule has 0 saturated heterocycles. The van der Waals surface area contributed by atoms with Crippen molar-refractivity contribution in [3.63, 3.8) is 0 Å². The highest BCUT2D eigenvalue weighted by atomic mass is 19.4. The molecule has 0 aliphatic rings. The Kier molecular flexibility index (Phi) is 12.2. The molecule has 114 valence electrons. The Morgan fingerprint density at radius 2 is 1.16 bits per heavy atom. The highest BCUT2D eigenvalue weighted by Gasteiger charge is 2.25. The molecular weight excluding hydrogens is 249 g/mol. The summed E-state index contributed by atoms with van der Waals surface area (Å²) < 4.78 is 35.6. The summed E-state index contributed by atoms with van der Waals surface area (Å²) in [4.78, 5) is 0. The van der Waals surface area contributed by atoms with E-state index < -0.39 is 12.6 Å². The van der Waals surface area contributed by atoms with Gasteiger partial charge in [0, 0.05) is 6.42 Å². The summed E-state index contributed by atoms with van der Waals surface area (Å²) in [5.74, 6) is 0. The van der Waals surface area contributed by atoms with E-state index in [9.17, 15) is 13.2 Å². The summed E-state index contributed by atoms with van der Waals surface area (Å²) in [5, 5.41) is 0. The first-order valence-corrected chi connectivity index (χ1v) is 7.78. The molecule has 0 bridgehead atoms. The fourth-order valence-electron chi connectivity index (χ4n) is 2.04. The Labute approximate surface area is 116 Å². The van der Waals surface area contributed by atoms with Crippen molar-refractivity contribution in [2.45, 2.75) is 90.1 Å². The second-order valence-corrected chi connectivity index (χ2v) is 5.24. The van der Waals surface area contributed by atoms with Crippen LogP contribution in [0.5, 0.6) is 0 Å². The topological polar surface area (TPSA) is 0 Å². The summed E-state index contributed by atoms with van der Waals surface area (Å²) in [6.45, 7) is 2.22. The van der Waals surface area contributed by atoms with Gasteiger partial charge in [0.2, 0.25) is 0 Å². The van der Waals surface area contributed by atoms with Crippen molar-refractivity contribution in [1.82, 2.24) is 0 Å². The zero-order valence-corrected chi connectivity index (χ0v) is 12.3. The Morgan fingerprint density at radius 1 is 0.684 bits per heavy atom. The molecule has 0 radical (unpaired) electrons. The fourth-order valence-corrected chi connectivity index (χ4v) is 2.04.